The highest BCUT2D eigenvalue weighted by Crippen LogP contribution is 2.67. The lowest BCUT2D eigenvalue weighted by molar-refractivity contribution is -0.312. The zero-order chi connectivity index (χ0) is 38.8. The van der Waals surface area contributed by atoms with Gasteiger partial charge in [-0.25, -0.2) is 0 Å². The molecule has 6 heteroatoms. The van der Waals surface area contributed by atoms with Gasteiger partial charge >= 0.3 is 12.4 Å². The fourth-order valence-corrected chi connectivity index (χ4v) is 10.1. The number of allylic oxidation sites excluding steroid dienone is 12. The van der Waals surface area contributed by atoms with Crippen molar-refractivity contribution in [3.8, 4) is 22.3 Å². The molecule has 56 heavy (non-hydrogen) atoms. The normalized spacial score (nSPS) is 23.8. The van der Waals surface area contributed by atoms with E-state index in [4.69, 9.17) is 0 Å². The molecule has 0 aromatic heterocycles. The van der Waals surface area contributed by atoms with Crippen LogP contribution in [0.3, 0.4) is 0 Å². The zero-order valence-electron chi connectivity index (χ0n) is 30.6. The lowest BCUT2D eigenvalue weighted by Crippen LogP contribution is -2.57. The van der Waals surface area contributed by atoms with Crippen molar-refractivity contribution in [3.63, 3.8) is 0 Å². The lowest BCUT2D eigenvalue weighted by Gasteiger charge is -2.40. The molecule has 0 amide bonds. The maximum Gasteiger partial charge on any atom is 0.407 e. The van der Waals surface area contributed by atoms with Gasteiger partial charge in [0.25, 0.3) is 0 Å². The van der Waals surface area contributed by atoms with Gasteiger partial charge in [-0.2, -0.15) is 26.3 Å². The summed E-state index contributed by atoms with van der Waals surface area (Å²) >= 11 is 0. The molecule has 0 fully saturated rings. The van der Waals surface area contributed by atoms with Gasteiger partial charge in [0.05, 0.1) is 0 Å². The van der Waals surface area contributed by atoms with Crippen LogP contribution >= 0.6 is 0 Å². The number of hydrogen-bond acceptors (Lipinski definition) is 0. The van der Waals surface area contributed by atoms with E-state index in [0.717, 1.165) is 50.2 Å². The third-order valence-electron chi connectivity index (χ3n) is 13.0. The molecule has 0 radical (unpaired) electrons. The van der Waals surface area contributed by atoms with Crippen molar-refractivity contribution in [3.05, 3.63) is 197 Å². The van der Waals surface area contributed by atoms with E-state index >= 15 is 26.3 Å². The van der Waals surface area contributed by atoms with Crippen LogP contribution < -0.4 is 0 Å². The highest BCUT2D eigenvalue weighted by molar-refractivity contribution is 5.88. The molecule has 10 rings (SSSR count). The van der Waals surface area contributed by atoms with E-state index in [2.05, 4.69) is 62.4 Å². The molecule has 0 nitrogen and oxygen atoms in total. The van der Waals surface area contributed by atoms with E-state index in [1.54, 1.807) is 24.3 Å². The summed E-state index contributed by atoms with van der Waals surface area (Å²) in [4.78, 5) is 0. The quantitative estimate of drug-likeness (QED) is 0.161. The van der Waals surface area contributed by atoms with Crippen LogP contribution in [0.25, 0.3) is 38.6 Å². The van der Waals surface area contributed by atoms with Gasteiger partial charge < -0.3 is 0 Å². The van der Waals surface area contributed by atoms with E-state index in [1.165, 1.54) is 12.1 Å². The number of fused-ring (bicyclic) bond motifs is 8. The molecule has 0 saturated heterocycles. The summed E-state index contributed by atoms with van der Waals surface area (Å²) in [6.07, 6.45) is 5.31. The molecule has 0 aliphatic heterocycles. The Morgan fingerprint density at radius 3 is 1.80 bits per heavy atom. The van der Waals surface area contributed by atoms with Crippen molar-refractivity contribution in [1.29, 1.82) is 0 Å². The van der Waals surface area contributed by atoms with E-state index in [1.807, 2.05) is 66.8 Å². The van der Waals surface area contributed by atoms with Gasteiger partial charge in [-0.3, -0.25) is 0 Å². The summed E-state index contributed by atoms with van der Waals surface area (Å²) in [6, 6.07) is 32.5. The predicted octanol–water partition coefficient (Wildman–Crippen LogP) is 13.8. The van der Waals surface area contributed by atoms with Crippen molar-refractivity contribution in [2.75, 3.05) is 0 Å². The Hall–Kier alpha value is -5.62. The van der Waals surface area contributed by atoms with Gasteiger partial charge in [-0.05, 0) is 95.8 Å². The molecule has 0 heterocycles. The summed E-state index contributed by atoms with van der Waals surface area (Å²) in [5, 5.41) is 2.28. The molecule has 0 saturated carbocycles. The maximum absolute atomic E-state index is 15.6. The maximum atomic E-state index is 15.6. The number of alkyl halides is 6. The highest BCUT2D eigenvalue weighted by Gasteiger charge is 2.78. The summed E-state index contributed by atoms with van der Waals surface area (Å²) in [7, 11) is 0. The van der Waals surface area contributed by atoms with E-state index in [0.29, 0.717) is 22.3 Å². The Kier molecular flexibility index (Phi) is 7.43. The third-order valence-corrected chi connectivity index (χ3v) is 13.0. The molecule has 0 N–H and O–H groups in total. The molecule has 5 aromatic carbocycles. The summed E-state index contributed by atoms with van der Waals surface area (Å²) < 4.78 is 93.4. The Morgan fingerprint density at radius 1 is 0.482 bits per heavy atom. The van der Waals surface area contributed by atoms with Crippen LogP contribution in [0.5, 0.6) is 0 Å². The smallest absolute Gasteiger partial charge is 0.170 e. The Labute approximate surface area is 321 Å². The van der Waals surface area contributed by atoms with E-state index in [-0.39, 0.29) is 22.8 Å². The van der Waals surface area contributed by atoms with Crippen LogP contribution in [-0.4, -0.2) is 12.4 Å². The standard InChI is InChI=1S/C50H36F6/c1-47(2)43-10-6-5-9-39(43)40-20-17-36(26-44(40)47)38-19-22-42-41-21-18-37(27-45(41)48(46(42)28-38,49(51,52)53)50(54,55)56)35-16-15-33-24-32(13-14-34(33)25-35)31-12-11-29-7-3-4-8-30(29)23-31/h3-28,33-34,41,45H,1-2H3. The minimum Gasteiger partial charge on any atom is -0.170 e. The number of benzene rings is 5. The summed E-state index contributed by atoms with van der Waals surface area (Å²) in [5.74, 6) is -3.09. The summed E-state index contributed by atoms with van der Waals surface area (Å²) in [5.41, 5.74) is 3.12. The molecule has 4 unspecified atom stereocenters. The fourth-order valence-electron chi connectivity index (χ4n) is 10.1. The topological polar surface area (TPSA) is 0 Å². The zero-order valence-corrected chi connectivity index (χ0v) is 30.6. The second kappa shape index (κ2) is 11.9. The highest BCUT2D eigenvalue weighted by atomic mass is 19.4. The third kappa shape index (κ3) is 4.93. The largest absolute Gasteiger partial charge is 0.407 e. The number of halogens is 6. The monoisotopic (exact) mass is 750 g/mol. The van der Waals surface area contributed by atoms with Crippen molar-refractivity contribution in [1.82, 2.24) is 0 Å². The van der Waals surface area contributed by atoms with Crippen molar-refractivity contribution in [2.24, 2.45) is 17.8 Å². The molecule has 5 aromatic rings. The van der Waals surface area contributed by atoms with Crippen molar-refractivity contribution < 1.29 is 26.3 Å². The van der Waals surface area contributed by atoms with E-state index in [9.17, 15) is 0 Å². The van der Waals surface area contributed by atoms with Gasteiger partial charge in [-0.15, -0.1) is 0 Å². The molecule has 5 aliphatic carbocycles. The van der Waals surface area contributed by atoms with Crippen LogP contribution in [0.15, 0.2) is 169 Å². The molecule has 0 bridgehead atoms. The first-order valence-corrected chi connectivity index (χ1v) is 19.0. The lowest BCUT2D eigenvalue weighted by atomic mass is 9.68. The van der Waals surface area contributed by atoms with Crippen molar-refractivity contribution in [2.45, 2.75) is 42.9 Å². The Morgan fingerprint density at radius 2 is 1.05 bits per heavy atom. The molecule has 278 valence electrons. The van der Waals surface area contributed by atoms with Crippen LogP contribution in [0.2, 0.25) is 0 Å². The molecular formula is C50H36F6. The average molecular weight is 751 g/mol. The Balaban J connectivity index is 1.01. The second-order valence-electron chi connectivity index (χ2n) is 16.2. The first-order chi connectivity index (χ1) is 26.8. The molecule has 5 aliphatic rings. The van der Waals surface area contributed by atoms with Crippen LogP contribution in [0.4, 0.5) is 26.3 Å². The number of hydrogen-bond donors (Lipinski definition) is 0. The average Bonchev–Trinajstić information content (AvgIpc) is 3.62. The first-order valence-electron chi connectivity index (χ1n) is 19.0. The van der Waals surface area contributed by atoms with Crippen LogP contribution in [0.1, 0.15) is 47.6 Å². The predicted molar refractivity (Wildman–Crippen MR) is 212 cm³/mol. The van der Waals surface area contributed by atoms with Crippen LogP contribution in [0, 0.1) is 17.8 Å². The van der Waals surface area contributed by atoms with Gasteiger partial charge in [0, 0.05) is 29.1 Å². The molecule has 0 spiro atoms. The molecule has 4 atom stereocenters. The number of rotatable bonds is 3. The van der Waals surface area contributed by atoms with Crippen LogP contribution in [-0.2, 0) is 10.8 Å². The summed E-state index contributed by atoms with van der Waals surface area (Å²) in [6.45, 7) is 4.18. The Bertz CT molecular complexity index is 2660. The first kappa shape index (κ1) is 34.8. The van der Waals surface area contributed by atoms with E-state index < -0.39 is 35.2 Å². The second-order valence-corrected chi connectivity index (χ2v) is 16.2. The SMILES string of the molecule is CC1(C)c2ccccc2-c2ccc(-c3ccc4c(c3)C(C(F)(F)F)(C(F)(F)F)C3C=C(C5=CC6C=CC(c7ccc8ccccc8c7)=CC6C=C5)C=CC43)cc21. The van der Waals surface area contributed by atoms with Crippen molar-refractivity contribution >= 4 is 16.3 Å². The fraction of sp³-hybridized carbons (Fsp3) is 0.200. The minimum atomic E-state index is -5.62. The van der Waals surface area contributed by atoms with Gasteiger partial charge in [0.2, 0.25) is 0 Å². The van der Waals surface area contributed by atoms with Gasteiger partial charge in [0.1, 0.15) is 0 Å². The molecular weight excluding hydrogens is 715 g/mol. The van der Waals surface area contributed by atoms with Gasteiger partial charge in [-0.1, -0.05) is 153 Å². The minimum absolute atomic E-state index is 0.00342. The van der Waals surface area contributed by atoms with Gasteiger partial charge in [0.15, 0.2) is 5.41 Å².